The summed E-state index contributed by atoms with van der Waals surface area (Å²) in [4.78, 5) is 0. The van der Waals surface area contributed by atoms with Crippen molar-refractivity contribution < 1.29 is 23.2 Å². The summed E-state index contributed by atoms with van der Waals surface area (Å²) >= 11 is -14.2. The van der Waals surface area contributed by atoms with Gasteiger partial charge in [0.15, 0.2) is 0 Å². The molecule has 0 spiro atoms. The van der Waals surface area contributed by atoms with Crippen LogP contribution >= 0.6 is 34.1 Å². The Labute approximate surface area is 478 Å². The molecule has 0 aliphatic heterocycles. The van der Waals surface area contributed by atoms with Crippen LogP contribution in [0.3, 0.4) is 0 Å². The van der Waals surface area contributed by atoms with E-state index in [-0.39, 0.29) is 10.8 Å². The maximum absolute atomic E-state index is 10.5. The predicted molar refractivity (Wildman–Crippen MR) is 334 cm³/mol. The van der Waals surface area contributed by atoms with Crippen LogP contribution in [0.1, 0.15) is 172 Å². The van der Waals surface area contributed by atoms with Crippen molar-refractivity contribution in [1.29, 1.82) is 0 Å². The Bertz CT molecular complexity index is 3720. The molecule has 0 fully saturated rings. The van der Waals surface area contributed by atoms with Gasteiger partial charge in [-0.2, -0.15) is 0 Å². The second-order valence-electron chi connectivity index (χ2n) is 28.3. The van der Waals surface area contributed by atoms with Crippen LogP contribution in [0.4, 0.5) is 0 Å². The topological polar surface area (TPSA) is 0 Å². The molecule has 0 amide bonds. The van der Waals surface area contributed by atoms with Crippen molar-refractivity contribution in [3.63, 3.8) is 0 Å². The summed E-state index contributed by atoms with van der Waals surface area (Å²) in [7, 11) is 41.8. The van der Waals surface area contributed by atoms with E-state index < -0.39 is 34.0 Å². The number of hydrogen-bond acceptors (Lipinski definition) is 0. The standard InChI is InChI=1S/2C22H27.2C14H11.4ClH.2Zr/c2*1-14-10-18(22(5,6)7)13-16-11-15-12-17(21(2,3)4)8-9-19(15)20(14)16;2*1-10-6-7-14-12(8-10)9-11-4-2-3-5-13(11)14;;;;;;/h2*8-10,12H,11H2,1-7H3;2*2-7H,9H2,1H3;4*1H;;/q;;;;;;;;2*+2/p-4. The molecule has 0 heterocycles. The van der Waals surface area contributed by atoms with Crippen LogP contribution in [0.15, 0.2) is 121 Å². The maximum atomic E-state index is 10.5. The Morgan fingerprint density at radius 3 is 1.00 bits per heavy atom. The Hall–Kier alpha value is -3.31. The Balaban J connectivity index is 1.38. The second-order valence-corrected chi connectivity index (χ2v) is 111. The minimum atomic E-state index is -7.17. The van der Waals surface area contributed by atoms with Crippen LogP contribution in [-0.4, -0.2) is 0 Å². The molecule has 12 rings (SSSR count). The molecule has 0 saturated heterocycles. The van der Waals surface area contributed by atoms with Crippen molar-refractivity contribution >= 4 is 47.1 Å². The van der Waals surface area contributed by atoms with Crippen LogP contribution in [-0.2, 0) is 70.6 Å². The fraction of sp³-hybridized carbons (Fsp3) is 0.333. The molecule has 0 atom stereocenters. The van der Waals surface area contributed by atoms with Crippen molar-refractivity contribution in [2.75, 3.05) is 0 Å². The van der Waals surface area contributed by atoms with Crippen molar-refractivity contribution in [3.05, 3.63) is 210 Å². The first-order valence-corrected chi connectivity index (χ1v) is 54.5. The van der Waals surface area contributed by atoms with E-state index >= 15 is 0 Å². The Kier molecular flexibility index (Phi) is 12.5. The van der Waals surface area contributed by atoms with Gasteiger partial charge in [-0.05, 0) is 0 Å². The summed E-state index contributed by atoms with van der Waals surface area (Å²) in [5, 5.41) is 0. The van der Waals surface area contributed by atoms with Crippen molar-refractivity contribution in [2.45, 2.75) is 158 Å². The summed E-state index contributed by atoms with van der Waals surface area (Å²) in [5.74, 6) is 0. The zero-order chi connectivity index (χ0) is 56.0. The molecule has 400 valence electrons. The molecule has 0 aromatic heterocycles. The van der Waals surface area contributed by atoms with Crippen LogP contribution in [0.5, 0.6) is 0 Å². The van der Waals surface area contributed by atoms with Gasteiger partial charge in [0.05, 0.1) is 0 Å². The van der Waals surface area contributed by atoms with Gasteiger partial charge in [0.1, 0.15) is 0 Å². The average Bonchev–Trinajstić information content (AvgIpc) is 2.79. The first-order valence-electron chi connectivity index (χ1n) is 28.4. The SMILES string of the molecule is Cc1cc(C(C)(C)C)[c]([Zr]([Cl])([Cl])([c]2c(C(C)(C)C)cc(C)c3c2Cc2cc(C(C)(C)C)ccc2-3)[Zr]([Cl])([Cl])([c]2c(C)ccc3c2Cc2ccccc2-3)[c]2c(C)ccc3c2Cc2ccccc2-3)c2c1-c1ccc(C(C)(C)C)cc1C2. The molecule has 0 N–H and O–H groups in total. The fourth-order valence-electron chi connectivity index (χ4n) is 15.4. The summed E-state index contributed by atoms with van der Waals surface area (Å²) in [5.41, 5.74) is 28.4. The quantitative estimate of drug-likeness (QED) is 0.161. The second kappa shape index (κ2) is 17.6. The van der Waals surface area contributed by atoms with Gasteiger partial charge in [-0.25, -0.2) is 0 Å². The molecule has 0 radical (unpaired) electrons. The number of hydrogen-bond donors (Lipinski definition) is 0. The number of aryl methyl sites for hydroxylation is 4. The number of halogens is 4. The molecule has 0 nitrogen and oxygen atoms in total. The summed E-state index contributed by atoms with van der Waals surface area (Å²) < 4.78 is 4.27. The van der Waals surface area contributed by atoms with Gasteiger partial charge >= 0.3 is 483 Å². The van der Waals surface area contributed by atoms with Gasteiger partial charge in [0.2, 0.25) is 0 Å². The van der Waals surface area contributed by atoms with E-state index in [0.29, 0.717) is 25.7 Å². The molecule has 78 heavy (non-hydrogen) atoms. The van der Waals surface area contributed by atoms with E-state index in [1.807, 2.05) is 0 Å². The minimum absolute atomic E-state index is 0.0547. The van der Waals surface area contributed by atoms with Crippen LogP contribution in [0.2, 0.25) is 0 Å². The van der Waals surface area contributed by atoms with E-state index in [9.17, 15) is 34.1 Å². The van der Waals surface area contributed by atoms with Crippen LogP contribution in [0.25, 0.3) is 44.5 Å². The normalized spacial score (nSPS) is 15.5. The average molecular weight is 1270 g/mol. The van der Waals surface area contributed by atoms with E-state index in [2.05, 4.69) is 232 Å². The molecule has 0 unspecified atom stereocenters. The van der Waals surface area contributed by atoms with Gasteiger partial charge in [-0.15, -0.1) is 0 Å². The van der Waals surface area contributed by atoms with Gasteiger partial charge < -0.3 is 0 Å². The molecule has 8 aromatic rings. The third kappa shape index (κ3) is 7.53. The Morgan fingerprint density at radius 1 is 0.308 bits per heavy atom. The van der Waals surface area contributed by atoms with E-state index in [4.69, 9.17) is 0 Å². The van der Waals surface area contributed by atoms with Crippen molar-refractivity contribution in [2.24, 2.45) is 0 Å². The number of rotatable bonds is 5. The molecular formula is C72H76Cl4Zr2. The van der Waals surface area contributed by atoms with Crippen molar-refractivity contribution in [1.82, 2.24) is 0 Å². The van der Waals surface area contributed by atoms with Gasteiger partial charge in [0, 0.05) is 0 Å². The molecular weight excluding hydrogens is 1190 g/mol. The first-order chi connectivity index (χ1) is 36.3. The molecule has 0 bridgehead atoms. The predicted octanol–water partition coefficient (Wildman–Crippen LogP) is 18.9. The fourth-order valence-corrected chi connectivity index (χ4v) is 118. The van der Waals surface area contributed by atoms with Crippen LogP contribution in [0, 0.1) is 27.7 Å². The third-order valence-corrected chi connectivity index (χ3v) is 150. The van der Waals surface area contributed by atoms with Gasteiger partial charge in [-0.3, -0.25) is 0 Å². The zero-order valence-electron chi connectivity index (χ0n) is 48.9. The number of benzene rings is 8. The summed E-state index contributed by atoms with van der Waals surface area (Å²) in [6, 6.07) is 46.5. The van der Waals surface area contributed by atoms with E-state index in [0.717, 1.165) is 24.2 Å². The van der Waals surface area contributed by atoms with E-state index in [1.54, 1.807) is 0 Å². The van der Waals surface area contributed by atoms with E-state index in [1.165, 1.54) is 122 Å². The monoisotopic (exact) mass is 1260 g/mol. The zero-order valence-corrected chi connectivity index (χ0v) is 56.8. The molecule has 8 aromatic carbocycles. The molecule has 4 aliphatic carbocycles. The molecule has 4 aliphatic rings. The summed E-state index contributed by atoms with van der Waals surface area (Å²) in [6.07, 6.45) is 2.74. The first kappa shape index (κ1) is 55.2. The van der Waals surface area contributed by atoms with Crippen molar-refractivity contribution in [3.8, 4) is 44.5 Å². The summed E-state index contributed by atoms with van der Waals surface area (Å²) in [6.45, 7) is 37.3. The van der Waals surface area contributed by atoms with Gasteiger partial charge in [0.25, 0.3) is 0 Å². The Morgan fingerprint density at radius 2 is 0.641 bits per heavy atom. The van der Waals surface area contributed by atoms with Crippen LogP contribution < -0.4 is 13.1 Å². The number of fused-ring (bicyclic) bond motifs is 12. The molecule has 6 heteroatoms. The third-order valence-electron chi connectivity index (χ3n) is 19.0. The van der Waals surface area contributed by atoms with Gasteiger partial charge in [-0.1, -0.05) is 0 Å². The molecule has 0 saturated carbocycles.